The van der Waals surface area contributed by atoms with E-state index < -0.39 is 0 Å². The van der Waals surface area contributed by atoms with Crippen molar-refractivity contribution in [2.24, 2.45) is 4.99 Å². The van der Waals surface area contributed by atoms with Crippen LogP contribution in [0.3, 0.4) is 0 Å². The van der Waals surface area contributed by atoms with Gasteiger partial charge in [0.25, 0.3) is 0 Å². The molecule has 2 aromatic rings. The lowest BCUT2D eigenvalue weighted by atomic mass is 10.2. The number of guanidine groups is 1. The van der Waals surface area contributed by atoms with E-state index in [-0.39, 0.29) is 5.91 Å². The van der Waals surface area contributed by atoms with Crippen molar-refractivity contribution in [2.75, 3.05) is 18.9 Å². The molecule has 7 heteroatoms. The Bertz CT molecular complexity index is 665. The van der Waals surface area contributed by atoms with Gasteiger partial charge in [-0.05, 0) is 30.2 Å². The minimum Gasteiger partial charge on any atom is -0.356 e. The molecule has 0 spiro atoms. The van der Waals surface area contributed by atoms with Crippen molar-refractivity contribution in [3.05, 3.63) is 48.3 Å². The fourth-order valence-electron chi connectivity index (χ4n) is 2.25. The minimum absolute atomic E-state index is 0.0743. The number of rotatable bonds is 7. The zero-order valence-corrected chi connectivity index (χ0v) is 14.1. The fourth-order valence-corrected chi connectivity index (χ4v) is 2.25. The van der Waals surface area contributed by atoms with E-state index >= 15 is 0 Å². The van der Waals surface area contributed by atoms with Crippen LogP contribution in [0.5, 0.6) is 0 Å². The van der Waals surface area contributed by atoms with Crippen LogP contribution in [0.1, 0.15) is 18.9 Å². The van der Waals surface area contributed by atoms with Crippen LogP contribution in [-0.4, -0.2) is 35.2 Å². The first-order valence-corrected chi connectivity index (χ1v) is 7.96. The summed E-state index contributed by atoms with van der Waals surface area (Å²) in [5.41, 5.74) is 1.87. The molecule has 0 aliphatic carbocycles. The number of amides is 1. The van der Waals surface area contributed by atoms with Crippen LogP contribution in [0.2, 0.25) is 0 Å². The third kappa shape index (κ3) is 6.12. The number of aryl methyl sites for hydroxylation is 1. The van der Waals surface area contributed by atoms with Crippen LogP contribution in [0, 0.1) is 0 Å². The molecule has 0 unspecified atom stereocenters. The number of nitrogens with zero attached hydrogens (tertiary/aromatic N) is 3. The van der Waals surface area contributed by atoms with Gasteiger partial charge in [-0.1, -0.05) is 12.1 Å². The lowest BCUT2D eigenvalue weighted by molar-refractivity contribution is -0.114. The summed E-state index contributed by atoms with van der Waals surface area (Å²) in [4.78, 5) is 15.3. The van der Waals surface area contributed by atoms with Crippen LogP contribution in [-0.2, 0) is 17.9 Å². The summed E-state index contributed by atoms with van der Waals surface area (Å²) in [7, 11) is 1.75. The number of anilines is 1. The van der Waals surface area contributed by atoms with Crippen molar-refractivity contribution in [2.45, 2.75) is 26.4 Å². The molecule has 24 heavy (non-hydrogen) atoms. The summed E-state index contributed by atoms with van der Waals surface area (Å²) in [5, 5.41) is 13.5. The average molecular weight is 328 g/mol. The Morgan fingerprint density at radius 1 is 1.29 bits per heavy atom. The zero-order valence-electron chi connectivity index (χ0n) is 14.1. The van der Waals surface area contributed by atoms with Crippen LogP contribution in [0.25, 0.3) is 0 Å². The van der Waals surface area contributed by atoms with E-state index in [1.165, 1.54) is 6.92 Å². The number of nitrogens with one attached hydrogen (secondary N) is 3. The Balaban J connectivity index is 1.73. The second-order valence-electron chi connectivity index (χ2n) is 5.36. The van der Waals surface area contributed by atoms with Crippen molar-refractivity contribution >= 4 is 17.6 Å². The topological polar surface area (TPSA) is 83.3 Å². The van der Waals surface area contributed by atoms with Crippen molar-refractivity contribution in [1.29, 1.82) is 0 Å². The van der Waals surface area contributed by atoms with Gasteiger partial charge in [0.1, 0.15) is 0 Å². The molecule has 1 aromatic carbocycles. The summed E-state index contributed by atoms with van der Waals surface area (Å²) in [6, 6.07) is 9.65. The molecule has 2 rings (SSSR count). The lowest BCUT2D eigenvalue weighted by Crippen LogP contribution is -2.37. The first-order chi connectivity index (χ1) is 11.7. The summed E-state index contributed by atoms with van der Waals surface area (Å²) in [6.07, 6.45) is 4.69. The summed E-state index contributed by atoms with van der Waals surface area (Å²) < 4.78 is 1.91. The van der Waals surface area contributed by atoms with Crippen molar-refractivity contribution in [3.63, 3.8) is 0 Å². The Labute approximate surface area is 142 Å². The number of benzene rings is 1. The number of carbonyl (C=O) groups is 1. The van der Waals surface area contributed by atoms with Gasteiger partial charge in [0.2, 0.25) is 5.91 Å². The molecule has 1 aromatic heterocycles. The minimum atomic E-state index is -0.0743. The molecule has 0 aliphatic rings. The third-order valence-electron chi connectivity index (χ3n) is 3.35. The molecule has 0 saturated carbocycles. The molecule has 3 N–H and O–H groups in total. The van der Waals surface area contributed by atoms with Gasteiger partial charge in [-0.3, -0.25) is 14.5 Å². The SMILES string of the molecule is CN=C(NCCCn1cccn1)NCc1cccc(NC(C)=O)c1. The van der Waals surface area contributed by atoms with Gasteiger partial charge in [-0.25, -0.2) is 0 Å². The molecule has 1 heterocycles. The highest BCUT2D eigenvalue weighted by molar-refractivity contribution is 5.88. The molecular formula is C17H24N6O. The Kier molecular flexibility index (Phi) is 6.82. The highest BCUT2D eigenvalue weighted by atomic mass is 16.1. The summed E-state index contributed by atoms with van der Waals surface area (Å²) in [6.45, 7) is 3.81. The molecule has 7 nitrogen and oxygen atoms in total. The molecule has 128 valence electrons. The monoisotopic (exact) mass is 328 g/mol. The highest BCUT2D eigenvalue weighted by Crippen LogP contribution is 2.10. The predicted octanol–water partition coefficient (Wildman–Crippen LogP) is 1.60. The van der Waals surface area contributed by atoms with E-state index in [0.29, 0.717) is 6.54 Å². The smallest absolute Gasteiger partial charge is 0.221 e. The van der Waals surface area contributed by atoms with Gasteiger partial charge in [0.15, 0.2) is 5.96 Å². The van der Waals surface area contributed by atoms with E-state index in [0.717, 1.165) is 36.7 Å². The van der Waals surface area contributed by atoms with Gasteiger partial charge in [-0.2, -0.15) is 5.10 Å². The lowest BCUT2D eigenvalue weighted by Gasteiger charge is -2.12. The third-order valence-corrected chi connectivity index (χ3v) is 3.35. The Morgan fingerprint density at radius 3 is 2.88 bits per heavy atom. The second kappa shape index (κ2) is 9.34. The second-order valence-corrected chi connectivity index (χ2v) is 5.36. The first kappa shape index (κ1) is 17.5. The Morgan fingerprint density at radius 2 is 2.17 bits per heavy atom. The largest absolute Gasteiger partial charge is 0.356 e. The molecule has 0 aliphatic heterocycles. The van der Waals surface area contributed by atoms with E-state index in [1.807, 2.05) is 41.2 Å². The van der Waals surface area contributed by atoms with E-state index in [4.69, 9.17) is 0 Å². The summed E-state index contributed by atoms with van der Waals surface area (Å²) in [5.74, 6) is 0.676. The van der Waals surface area contributed by atoms with Crippen molar-refractivity contribution in [3.8, 4) is 0 Å². The molecular weight excluding hydrogens is 304 g/mol. The number of hydrogen-bond acceptors (Lipinski definition) is 3. The standard InChI is InChI=1S/C17H24N6O/c1-14(24)22-16-7-3-6-15(12-16)13-20-17(18-2)19-8-4-10-23-11-5-9-21-23/h3,5-7,9,11-12H,4,8,10,13H2,1-2H3,(H,22,24)(H2,18,19,20). The predicted molar refractivity (Wildman–Crippen MR) is 95.8 cm³/mol. The molecule has 0 radical (unpaired) electrons. The maximum atomic E-state index is 11.1. The number of aromatic nitrogens is 2. The average Bonchev–Trinajstić information content (AvgIpc) is 3.07. The normalized spacial score (nSPS) is 11.2. The molecule has 1 amide bonds. The van der Waals surface area contributed by atoms with Crippen LogP contribution < -0.4 is 16.0 Å². The number of carbonyl (C=O) groups excluding carboxylic acids is 1. The number of hydrogen-bond donors (Lipinski definition) is 3. The van der Waals surface area contributed by atoms with Gasteiger partial charge in [0, 0.05) is 51.7 Å². The van der Waals surface area contributed by atoms with Crippen LogP contribution in [0.15, 0.2) is 47.7 Å². The van der Waals surface area contributed by atoms with Gasteiger partial charge >= 0.3 is 0 Å². The fraction of sp³-hybridized carbons (Fsp3) is 0.353. The number of aliphatic imine (C=N–C) groups is 1. The quantitative estimate of drug-likeness (QED) is 0.409. The maximum Gasteiger partial charge on any atom is 0.221 e. The van der Waals surface area contributed by atoms with E-state index in [9.17, 15) is 4.79 Å². The van der Waals surface area contributed by atoms with Crippen molar-refractivity contribution < 1.29 is 4.79 Å². The molecule has 0 atom stereocenters. The van der Waals surface area contributed by atoms with Gasteiger partial charge < -0.3 is 16.0 Å². The Hall–Kier alpha value is -2.83. The molecule has 0 saturated heterocycles. The van der Waals surface area contributed by atoms with Crippen LogP contribution in [0.4, 0.5) is 5.69 Å². The van der Waals surface area contributed by atoms with Crippen molar-refractivity contribution in [1.82, 2.24) is 20.4 Å². The van der Waals surface area contributed by atoms with E-state index in [2.05, 4.69) is 26.0 Å². The zero-order chi connectivity index (χ0) is 17.2. The first-order valence-electron chi connectivity index (χ1n) is 7.96. The molecule has 0 bridgehead atoms. The maximum absolute atomic E-state index is 11.1. The summed E-state index contributed by atoms with van der Waals surface area (Å²) >= 11 is 0. The van der Waals surface area contributed by atoms with Gasteiger partial charge in [-0.15, -0.1) is 0 Å². The highest BCUT2D eigenvalue weighted by Gasteiger charge is 2.01. The van der Waals surface area contributed by atoms with Crippen LogP contribution >= 0.6 is 0 Å². The molecule has 0 fully saturated rings. The van der Waals surface area contributed by atoms with E-state index in [1.54, 1.807) is 13.2 Å². The van der Waals surface area contributed by atoms with Gasteiger partial charge in [0.05, 0.1) is 0 Å².